The molecule has 192 valence electrons. The maximum atomic E-state index is 15.5. The number of carbonyl (C=O) groups excluding carboxylic acids is 1. The molecule has 10 heteroatoms. The molecule has 1 unspecified atom stereocenters. The van der Waals surface area contributed by atoms with Gasteiger partial charge in [0.25, 0.3) is 5.91 Å². The van der Waals surface area contributed by atoms with Crippen LogP contribution < -0.4 is 20.5 Å². The van der Waals surface area contributed by atoms with E-state index >= 15 is 4.39 Å². The number of nitrogens with two attached hydrogens (primary N) is 1. The number of amidine groups is 1. The first kappa shape index (κ1) is 28.4. The summed E-state index contributed by atoms with van der Waals surface area (Å²) in [7, 11) is 3.40. The van der Waals surface area contributed by atoms with Crippen molar-refractivity contribution in [2.45, 2.75) is 38.5 Å². The number of carbonyl (C=O) groups is 1. The Balaban J connectivity index is 0.00000432. The van der Waals surface area contributed by atoms with Gasteiger partial charge in [-0.05, 0) is 38.4 Å². The largest absolute Gasteiger partial charge is 0.494 e. The molecule has 35 heavy (non-hydrogen) atoms. The van der Waals surface area contributed by atoms with Crippen molar-refractivity contribution < 1.29 is 23.4 Å². The number of likely N-dealkylation sites (tertiary alicyclic amines) is 1. The maximum Gasteiger partial charge on any atom is 0.254 e. The van der Waals surface area contributed by atoms with Gasteiger partial charge in [0.1, 0.15) is 17.7 Å². The number of ether oxygens (including phenoxy) is 3. The van der Waals surface area contributed by atoms with Crippen LogP contribution in [0.4, 0.5) is 4.39 Å². The predicted molar refractivity (Wildman–Crippen MR) is 135 cm³/mol. The SMILES string of the molecule is CCOc1cc(OC2CCN(C)CC2)c(F)c(C(OC)C(=O)NCc2ccc(C(=N)N)cc2)c1.Cl. The average Bonchev–Trinajstić information content (AvgIpc) is 2.82. The second-order valence-electron chi connectivity index (χ2n) is 8.32. The molecule has 1 heterocycles. The van der Waals surface area contributed by atoms with E-state index in [1.165, 1.54) is 19.2 Å². The van der Waals surface area contributed by atoms with Gasteiger partial charge in [0.2, 0.25) is 0 Å². The number of hydrogen-bond acceptors (Lipinski definition) is 6. The van der Waals surface area contributed by atoms with Crippen LogP contribution in [-0.4, -0.2) is 56.6 Å². The molecule has 0 radical (unpaired) electrons. The number of halogens is 2. The Labute approximate surface area is 211 Å². The molecule has 1 amide bonds. The van der Waals surface area contributed by atoms with Gasteiger partial charge in [-0.15, -0.1) is 12.4 Å². The van der Waals surface area contributed by atoms with Crippen molar-refractivity contribution in [2.24, 2.45) is 5.73 Å². The van der Waals surface area contributed by atoms with Crippen molar-refractivity contribution in [3.63, 3.8) is 0 Å². The highest BCUT2D eigenvalue weighted by atomic mass is 35.5. The topological polar surface area (TPSA) is 110 Å². The van der Waals surface area contributed by atoms with E-state index in [0.29, 0.717) is 17.9 Å². The highest BCUT2D eigenvalue weighted by Gasteiger charge is 2.28. The highest BCUT2D eigenvalue weighted by Crippen LogP contribution is 2.34. The minimum atomic E-state index is -1.18. The molecular formula is C25H34ClFN4O4. The highest BCUT2D eigenvalue weighted by molar-refractivity contribution is 5.94. The van der Waals surface area contributed by atoms with E-state index in [0.717, 1.165) is 31.5 Å². The fourth-order valence-electron chi connectivity index (χ4n) is 3.86. The zero-order valence-electron chi connectivity index (χ0n) is 20.3. The minimum absolute atomic E-state index is 0. The van der Waals surface area contributed by atoms with E-state index < -0.39 is 17.8 Å². The quantitative estimate of drug-likeness (QED) is 0.335. The van der Waals surface area contributed by atoms with Gasteiger partial charge in [-0.25, -0.2) is 4.39 Å². The van der Waals surface area contributed by atoms with Gasteiger partial charge in [0.15, 0.2) is 17.7 Å². The standard InChI is InChI=1S/C25H33FN4O4.ClH/c1-4-33-19-13-20(22(26)21(14-19)34-18-9-11-30(2)12-10-18)23(32-3)25(31)29-15-16-5-7-17(8-6-16)24(27)28;/h5-8,13-14,18,23H,4,9-12,15H2,1-3H3,(H3,27,28)(H,29,31);1H. The minimum Gasteiger partial charge on any atom is -0.494 e. The summed E-state index contributed by atoms with van der Waals surface area (Å²) in [6.07, 6.45) is 0.293. The molecule has 1 atom stereocenters. The van der Waals surface area contributed by atoms with Crippen LogP contribution in [0.25, 0.3) is 0 Å². The van der Waals surface area contributed by atoms with Crippen LogP contribution in [0.2, 0.25) is 0 Å². The molecule has 8 nitrogen and oxygen atoms in total. The van der Waals surface area contributed by atoms with Crippen LogP contribution in [0.1, 0.15) is 42.6 Å². The lowest BCUT2D eigenvalue weighted by Crippen LogP contribution is -2.36. The molecule has 2 aromatic carbocycles. The first-order chi connectivity index (χ1) is 16.3. The van der Waals surface area contributed by atoms with Crippen molar-refractivity contribution >= 4 is 24.1 Å². The molecule has 0 spiro atoms. The van der Waals surface area contributed by atoms with E-state index in [1.807, 2.05) is 14.0 Å². The molecular weight excluding hydrogens is 475 g/mol. The summed E-state index contributed by atoms with van der Waals surface area (Å²) in [5.74, 6) is -0.675. The zero-order valence-corrected chi connectivity index (χ0v) is 21.1. The van der Waals surface area contributed by atoms with Gasteiger partial charge in [-0.3, -0.25) is 10.2 Å². The number of nitrogens with zero attached hydrogens (tertiary/aromatic N) is 1. The first-order valence-corrected chi connectivity index (χ1v) is 11.4. The number of hydrogen-bond donors (Lipinski definition) is 3. The maximum absolute atomic E-state index is 15.5. The van der Waals surface area contributed by atoms with E-state index in [2.05, 4.69) is 10.2 Å². The Kier molecular flexibility index (Phi) is 10.8. The molecule has 0 saturated carbocycles. The zero-order chi connectivity index (χ0) is 24.7. The van der Waals surface area contributed by atoms with Crippen molar-refractivity contribution in [1.82, 2.24) is 10.2 Å². The lowest BCUT2D eigenvalue weighted by atomic mass is 10.1. The van der Waals surface area contributed by atoms with Crippen molar-refractivity contribution in [2.75, 3.05) is 33.9 Å². The Morgan fingerprint density at radius 2 is 1.91 bits per heavy atom. The Morgan fingerprint density at radius 1 is 1.26 bits per heavy atom. The number of methoxy groups -OCH3 is 1. The summed E-state index contributed by atoms with van der Waals surface area (Å²) in [5.41, 5.74) is 6.93. The van der Waals surface area contributed by atoms with Gasteiger partial charge >= 0.3 is 0 Å². The summed E-state index contributed by atoms with van der Waals surface area (Å²) in [4.78, 5) is 15.1. The third-order valence-corrected chi connectivity index (χ3v) is 5.80. The summed E-state index contributed by atoms with van der Waals surface area (Å²) < 4.78 is 32.5. The third kappa shape index (κ3) is 7.55. The Bertz CT molecular complexity index is 998. The Hall–Kier alpha value is -2.88. The second kappa shape index (κ2) is 13.3. The smallest absolute Gasteiger partial charge is 0.254 e. The molecule has 2 aromatic rings. The second-order valence-corrected chi connectivity index (χ2v) is 8.32. The van der Waals surface area contributed by atoms with Crippen LogP contribution in [0.3, 0.4) is 0 Å². The molecule has 1 saturated heterocycles. The molecule has 1 fully saturated rings. The average molecular weight is 509 g/mol. The summed E-state index contributed by atoms with van der Waals surface area (Å²) in [6, 6.07) is 9.95. The first-order valence-electron chi connectivity index (χ1n) is 11.4. The molecule has 1 aliphatic rings. The fourth-order valence-corrected chi connectivity index (χ4v) is 3.86. The van der Waals surface area contributed by atoms with Crippen molar-refractivity contribution in [3.8, 4) is 11.5 Å². The lowest BCUT2D eigenvalue weighted by Gasteiger charge is -2.30. The van der Waals surface area contributed by atoms with E-state index in [1.54, 1.807) is 24.3 Å². The fraction of sp³-hybridized carbons (Fsp3) is 0.440. The van der Waals surface area contributed by atoms with Gasteiger partial charge < -0.3 is 30.2 Å². The third-order valence-electron chi connectivity index (χ3n) is 5.80. The molecule has 0 bridgehead atoms. The lowest BCUT2D eigenvalue weighted by molar-refractivity contribution is -0.131. The number of amides is 1. The summed E-state index contributed by atoms with van der Waals surface area (Å²) in [6.45, 7) is 4.18. The molecule has 0 aliphatic carbocycles. The van der Waals surface area contributed by atoms with Gasteiger partial charge in [0.05, 0.1) is 6.61 Å². The van der Waals surface area contributed by atoms with E-state index in [4.69, 9.17) is 25.4 Å². The normalized spacial score (nSPS) is 15.1. The summed E-state index contributed by atoms with van der Waals surface area (Å²) >= 11 is 0. The van der Waals surface area contributed by atoms with Gasteiger partial charge in [-0.2, -0.15) is 0 Å². The number of benzene rings is 2. The summed E-state index contributed by atoms with van der Waals surface area (Å²) in [5, 5.41) is 10.2. The molecule has 1 aliphatic heterocycles. The molecule has 3 rings (SSSR count). The number of nitrogens with one attached hydrogen (secondary N) is 2. The van der Waals surface area contributed by atoms with Crippen LogP contribution in [-0.2, 0) is 16.1 Å². The number of piperidine rings is 1. The van der Waals surface area contributed by atoms with Crippen LogP contribution >= 0.6 is 12.4 Å². The Morgan fingerprint density at radius 3 is 2.49 bits per heavy atom. The van der Waals surface area contributed by atoms with Gasteiger partial charge in [-0.1, -0.05) is 24.3 Å². The number of nitrogen functional groups attached to an aromatic ring is 1. The van der Waals surface area contributed by atoms with Crippen molar-refractivity contribution in [3.05, 3.63) is 58.9 Å². The molecule has 4 N–H and O–H groups in total. The monoisotopic (exact) mass is 508 g/mol. The van der Waals surface area contributed by atoms with Crippen molar-refractivity contribution in [1.29, 1.82) is 5.41 Å². The van der Waals surface area contributed by atoms with E-state index in [9.17, 15) is 4.79 Å². The van der Waals surface area contributed by atoms with Gasteiger partial charge in [0, 0.05) is 43.9 Å². The number of rotatable bonds is 10. The van der Waals surface area contributed by atoms with E-state index in [-0.39, 0.29) is 42.2 Å². The van der Waals surface area contributed by atoms with Crippen LogP contribution in [0.15, 0.2) is 36.4 Å². The molecule has 0 aromatic heterocycles. The predicted octanol–water partition coefficient (Wildman–Crippen LogP) is 3.41. The van der Waals surface area contributed by atoms with Crippen LogP contribution in [0, 0.1) is 11.2 Å². The van der Waals surface area contributed by atoms with Crippen LogP contribution in [0.5, 0.6) is 11.5 Å².